The number of nitrogens with one attached hydrogen (secondary N) is 1. The number of rotatable bonds is 6. The summed E-state index contributed by atoms with van der Waals surface area (Å²) in [5.41, 5.74) is 5.56. The highest BCUT2D eigenvalue weighted by atomic mass is 79.9. The van der Waals surface area contributed by atoms with Crippen molar-refractivity contribution in [2.75, 3.05) is 26.0 Å². The molecule has 0 aliphatic carbocycles. The minimum absolute atomic E-state index is 0.123. The van der Waals surface area contributed by atoms with E-state index in [1.54, 1.807) is 0 Å². The molecule has 1 N–H and O–H groups in total. The summed E-state index contributed by atoms with van der Waals surface area (Å²) in [6.07, 6.45) is 0.991. The second kappa shape index (κ2) is 8.71. The lowest BCUT2D eigenvalue weighted by atomic mass is 10.1. The molecule has 0 fully saturated rings. The highest BCUT2D eigenvalue weighted by molar-refractivity contribution is 9.10. The van der Waals surface area contributed by atoms with Crippen molar-refractivity contribution in [2.45, 2.75) is 20.3 Å². The first kappa shape index (κ1) is 20.3. The molecule has 0 aliphatic heterocycles. The van der Waals surface area contributed by atoms with Crippen LogP contribution in [0.15, 0.2) is 53.0 Å². The lowest BCUT2D eigenvalue weighted by Gasteiger charge is -2.10. The van der Waals surface area contributed by atoms with E-state index in [4.69, 9.17) is 0 Å². The Morgan fingerprint density at radius 3 is 2.25 bits per heavy atom. The van der Waals surface area contributed by atoms with Gasteiger partial charge in [0.15, 0.2) is 0 Å². The number of aromatic nitrogens is 2. The summed E-state index contributed by atoms with van der Waals surface area (Å²) in [7, 11) is 4.13. The normalized spacial score (nSPS) is 11.1. The second-order valence-corrected chi connectivity index (χ2v) is 7.94. The van der Waals surface area contributed by atoms with Crippen molar-refractivity contribution < 1.29 is 4.79 Å². The van der Waals surface area contributed by atoms with Gasteiger partial charge in [-0.15, -0.1) is 0 Å². The zero-order valence-corrected chi connectivity index (χ0v) is 18.2. The van der Waals surface area contributed by atoms with Crippen LogP contribution >= 0.6 is 15.9 Å². The highest BCUT2D eigenvalue weighted by Crippen LogP contribution is 2.23. The molecule has 2 aromatic carbocycles. The third kappa shape index (κ3) is 4.69. The average molecular weight is 441 g/mol. The molecular weight excluding hydrogens is 416 g/mol. The topological polar surface area (TPSA) is 50.2 Å². The van der Waals surface area contributed by atoms with Gasteiger partial charge in [-0.25, -0.2) is 4.68 Å². The maximum Gasteiger partial charge on any atom is 0.255 e. The van der Waals surface area contributed by atoms with E-state index >= 15 is 0 Å². The van der Waals surface area contributed by atoms with Crippen molar-refractivity contribution in [3.05, 3.63) is 75.5 Å². The van der Waals surface area contributed by atoms with E-state index in [1.165, 1.54) is 5.56 Å². The summed E-state index contributed by atoms with van der Waals surface area (Å²) in [6.45, 7) is 4.97. The number of likely N-dealkylation sites (N-methyl/N-ethyl adjacent to an activating group) is 1. The molecule has 0 aliphatic rings. The van der Waals surface area contributed by atoms with Gasteiger partial charge < -0.3 is 10.2 Å². The van der Waals surface area contributed by atoms with Crippen LogP contribution < -0.4 is 5.32 Å². The zero-order valence-electron chi connectivity index (χ0n) is 16.7. The van der Waals surface area contributed by atoms with Gasteiger partial charge in [0.1, 0.15) is 0 Å². The summed E-state index contributed by atoms with van der Waals surface area (Å²) in [6, 6.07) is 15.5. The molecule has 5 nitrogen and oxygen atoms in total. The predicted octanol–water partition coefficient (Wildman–Crippen LogP) is 4.61. The molecular formula is C22H25BrN4O. The Morgan fingerprint density at radius 2 is 1.71 bits per heavy atom. The van der Waals surface area contributed by atoms with E-state index in [0.29, 0.717) is 5.56 Å². The van der Waals surface area contributed by atoms with Crippen LogP contribution in [0.25, 0.3) is 5.69 Å². The Kier molecular flexibility index (Phi) is 6.31. The standard InChI is InChI=1S/C22H25BrN4O/c1-15-21(23)16(2)27(25-15)20-11-7-18(8-12-20)22(28)24-19-9-5-17(6-10-19)13-14-26(3)4/h5-12H,13-14H2,1-4H3,(H,24,28). The fraction of sp³-hybridized carbons (Fsp3) is 0.273. The number of anilines is 1. The van der Waals surface area contributed by atoms with Crippen LogP contribution in [0.3, 0.4) is 0 Å². The molecule has 3 rings (SSSR count). The number of carbonyl (C=O) groups excluding carboxylic acids is 1. The van der Waals surface area contributed by atoms with E-state index in [2.05, 4.69) is 57.5 Å². The van der Waals surface area contributed by atoms with Gasteiger partial charge in [0.05, 0.1) is 21.5 Å². The minimum Gasteiger partial charge on any atom is -0.322 e. The van der Waals surface area contributed by atoms with Crippen molar-refractivity contribution >= 4 is 27.5 Å². The summed E-state index contributed by atoms with van der Waals surface area (Å²) in [5, 5.41) is 7.48. The molecule has 146 valence electrons. The summed E-state index contributed by atoms with van der Waals surface area (Å²) in [4.78, 5) is 14.7. The van der Waals surface area contributed by atoms with Gasteiger partial charge in [-0.05, 0) is 92.3 Å². The summed E-state index contributed by atoms with van der Waals surface area (Å²) in [5.74, 6) is -0.123. The van der Waals surface area contributed by atoms with Gasteiger partial charge in [0, 0.05) is 17.8 Å². The SMILES string of the molecule is Cc1nn(-c2ccc(C(=O)Nc3ccc(CCN(C)C)cc3)cc2)c(C)c1Br. The van der Waals surface area contributed by atoms with Gasteiger partial charge in [-0.1, -0.05) is 12.1 Å². The first-order chi connectivity index (χ1) is 13.3. The van der Waals surface area contributed by atoms with Gasteiger partial charge in [0.25, 0.3) is 5.91 Å². The average Bonchev–Trinajstić information content (AvgIpc) is 2.95. The molecule has 3 aromatic rings. The number of halogens is 1. The fourth-order valence-corrected chi connectivity index (χ4v) is 3.19. The molecule has 28 heavy (non-hydrogen) atoms. The Morgan fingerprint density at radius 1 is 1.07 bits per heavy atom. The van der Waals surface area contributed by atoms with E-state index in [-0.39, 0.29) is 5.91 Å². The number of carbonyl (C=O) groups is 1. The molecule has 6 heteroatoms. The van der Waals surface area contributed by atoms with Gasteiger partial charge >= 0.3 is 0 Å². The fourth-order valence-electron chi connectivity index (χ4n) is 2.94. The molecule has 0 spiro atoms. The lowest BCUT2D eigenvalue weighted by molar-refractivity contribution is 0.102. The number of nitrogens with zero attached hydrogens (tertiary/aromatic N) is 3. The van der Waals surface area contributed by atoms with Gasteiger partial charge in [-0.3, -0.25) is 4.79 Å². The second-order valence-electron chi connectivity index (χ2n) is 7.15. The predicted molar refractivity (Wildman–Crippen MR) is 117 cm³/mol. The largest absolute Gasteiger partial charge is 0.322 e. The number of benzene rings is 2. The molecule has 0 atom stereocenters. The molecule has 1 heterocycles. The molecule has 0 unspecified atom stereocenters. The summed E-state index contributed by atoms with van der Waals surface area (Å²) >= 11 is 3.54. The molecule has 0 saturated carbocycles. The highest BCUT2D eigenvalue weighted by Gasteiger charge is 2.11. The van der Waals surface area contributed by atoms with Crippen LogP contribution in [0.1, 0.15) is 27.3 Å². The van der Waals surface area contributed by atoms with Crippen molar-refractivity contribution in [2.24, 2.45) is 0 Å². The number of amides is 1. The summed E-state index contributed by atoms with van der Waals surface area (Å²) < 4.78 is 2.87. The molecule has 0 radical (unpaired) electrons. The van der Waals surface area contributed by atoms with E-state index < -0.39 is 0 Å². The maximum atomic E-state index is 12.5. The van der Waals surface area contributed by atoms with Crippen LogP contribution in [0, 0.1) is 13.8 Å². The Balaban J connectivity index is 1.67. The Hall–Kier alpha value is -2.44. The van der Waals surface area contributed by atoms with Crippen LogP contribution in [0.2, 0.25) is 0 Å². The van der Waals surface area contributed by atoms with Crippen molar-refractivity contribution in [1.29, 1.82) is 0 Å². The Labute approximate surface area is 174 Å². The van der Waals surface area contributed by atoms with E-state index in [1.807, 2.05) is 54.9 Å². The minimum atomic E-state index is -0.123. The lowest BCUT2D eigenvalue weighted by Crippen LogP contribution is -2.15. The third-order valence-corrected chi connectivity index (χ3v) is 5.78. The quantitative estimate of drug-likeness (QED) is 0.608. The molecule has 0 bridgehead atoms. The van der Waals surface area contributed by atoms with E-state index in [0.717, 1.165) is 40.2 Å². The van der Waals surface area contributed by atoms with Crippen molar-refractivity contribution in [1.82, 2.24) is 14.7 Å². The van der Waals surface area contributed by atoms with Crippen molar-refractivity contribution in [3.8, 4) is 5.69 Å². The first-order valence-electron chi connectivity index (χ1n) is 9.22. The van der Waals surface area contributed by atoms with Gasteiger partial charge in [-0.2, -0.15) is 5.10 Å². The molecule has 1 amide bonds. The number of hydrogen-bond acceptors (Lipinski definition) is 3. The monoisotopic (exact) mass is 440 g/mol. The van der Waals surface area contributed by atoms with E-state index in [9.17, 15) is 4.79 Å². The van der Waals surface area contributed by atoms with Crippen molar-refractivity contribution in [3.63, 3.8) is 0 Å². The van der Waals surface area contributed by atoms with Crippen LogP contribution in [-0.2, 0) is 6.42 Å². The molecule has 1 aromatic heterocycles. The Bertz CT molecular complexity index is 959. The number of hydrogen-bond donors (Lipinski definition) is 1. The van der Waals surface area contributed by atoms with Gasteiger partial charge in [0.2, 0.25) is 0 Å². The zero-order chi connectivity index (χ0) is 20.3. The third-order valence-electron chi connectivity index (χ3n) is 4.64. The molecule has 0 saturated heterocycles. The van der Waals surface area contributed by atoms with Crippen LogP contribution in [0.5, 0.6) is 0 Å². The number of aryl methyl sites for hydroxylation is 1. The van der Waals surface area contributed by atoms with Crippen LogP contribution in [0.4, 0.5) is 5.69 Å². The first-order valence-corrected chi connectivity index (χ1v) is 10.0. The smallest absolute Gasteiger partial charge is 0.255 e. The maximum absolute atomic E-state index is 12.5. The van der Waals surface area contributed by atoms with Crippen LogP contribution in [-0.4, -0.2) is 41.2 Å².